The molecule has 1 amide bonds. The maximum Gasteiger partial charge on any atom is 0.220 e. The zero-order valence-electron chi connectivity index (χ0n) is 16.3. The highest BCUT2D eigenvalue weighted by Gasteiger charge is 2.17. The lowest BCUT2D eigenvalue weighted by molar-refractivity contribution is -0.121. The van der Waals surface area contributed by atoms with Crippen molar-refractivity contribution in [2.75, 3.05) is 6.54 Å². The van der Waals surface area contributed by atoms with Crippen molar-refractivity contribution < 1.29 is 9.59 Å². The van der Waals surface area contributed by atoms with E-state index in [2.05, 4.69) is 20.1 Å². The summed E-state index contributed by atoms with van der Waals surface area (Å²) in [5, 5.41) is 11.2. The number of rotatable bonds is 8. The molecule has 0 radical (unpaired) electrons. The molecule has 0 atom stereocenters. The molecule has 0 bridgehead atoms. The van der Waals surface area contributed by atoms with E-state index >= 15 is 0 Å². The Kier molecular flexibility index (Phi) is 5.79. The number of aryl methyl sites for hydroxylation is 1. The van der Waals surface area contributed by atoms with Gasteiger partial charge in [-0.05, 0) is 17.5 Å². The minimum absolute atomic E-state index is 0.0185. The van der Waals surface area contributed by atoms with Gasteiger partial charge in [-0.2, -0.15) is 0 Å². The first-order valence-electron chi connectivity index (χ1n) is 10.1. The second-order valence-electron chi connectivity index (χ2n) is 7.25. The van der Waals surface area contributed by atoms with Gasteiger partial charge in [0.25, 0.3) is 0 Å². The molecular weight excluding hydrogens is 364 g/mol. The van der Waals surface area contributed by atoms with Crippen molar-refractivity contribution in [1.82, 2.24) is 20.1 Å². The van der Waals surface area contributed by atoms with Crippen molar-refractivity contribution in [2.45, 2.75) is 38.6 Å². The first kappa shape index (κ1) is 19.1. The van der Waals surface area contributed by atoms with E-state index in [4.69, 9.17) is 0 Å². The highest BCUT2D eigenvalue weighted by atomic mass is 16.2. The molecule has 0 saturated carbocycles. The van der Waals surface area contributed by atoms with E-state index in [1.54, 1.807) is 0 Å². The van der Waals surface area contributed by atoms with Crippen LogP contribution in [-0.4, -0.2) is 33.0 Å². The molecule has 3 aromatic rings. The van der Waals surface area contributed by atoms with Crippen LogP contribution >= 0.6 is 0 Å². The number of nitrogens with one attached hydrogen (secondary N) is 1. The molecule has 0 fully saturated rings. The van der Waals surface area contributed by atoms with Gasteiger partial charge in [-0.3, -0.25) is 9.59 Å². The number of nitrogens with zero attached hydrogens (tertiary/aromatic N) is 3. The number of ketones is 1. The predicted octanol–water partition coefficient (Wildman–Crippen LogP) is 3.21. The summed E-state index contributed by atoms with van der Waals surface area (Å²) in [5.41, 5.74) is 2.82. The van der Waals surface area contributed by atoms with Crippen LogP contribution in [0.15, 0.2) is 54.6 Å². The average molecular weight is 388 g/mol. The minimum atomic E-state index is -0.111. The lowest BCUT2D eigenvalue weighted by atomic mass is 10.0. The van der Waals surface area contributed by atoms with Crippen LogP contribution in [-0.2, 0) is 24.2 Å². The second-order valence-corrected chi connectivity index (χ2v) is 7.25. The fourth-order valence-corrected chi connectivity index (χ4v) is 3.65. The van der Waals surface area contributed by atoms with Gasteiger partial charge in [0, 0.05) is 44.3 Å². The Morgan fingerprint density at radius 3 is 2.48 bits per heavy atom. The molecule has 1 aliphatic rings. The Morgan fingerprint density at radius 2 is 1.69 bits per heavy atom. The zero-order chi connectivity index (χ0) is 20.1. The third-order valence-electron chi connectivity index (χ3n) is 5.25. The van der Waals surface area contributed by atoms with E-state index in [0.717, 1.165) is 42.2 Å². The van der Waals surface area contributed by atoms with Gasteiger partial charge in [0.1, 0.15) is 11.6 Å². The lowest BCUT2D eigenvalue weighted by Crippen LogP contribution is -2.26. The van der Waals surface area contributed by atoms with Crippen molar-refractivity contribution in [3.8, 4) is 11.1 Å². The number of amides is 1. The Balaban J connectivity index is 1.22. The minimum Gasteiger partial charge on any atom is -0.356 e. The maximum absolute atomic E-state index is 12.4. The normalized spacial score (nSPS) is 12.6. The van der Waals surface area contributed by atoms with Gasteiger partial charge in [0.05, 0.1) is 0 Å². The van der Waals surface area contributed by atoms with Gasteiger partial charge in [-0.25, -0.2) is 0 Å². The number of hydrogen-bond acceptors (Lipinski definition) is 4. The summed E-state index contributed by atoms with van der Waals surface area (Å²) in [6, 6.07) is 17.6. The molecule has 0 saturated heterocycles. The first-order valence-corrected chi connectivity index (χ1v) is 10.1. The van der Waals surface area contributed by atoms with Crippen LogP contribution < -0.4 is 5.32 Å². The largest absolute Gasteiger partial charge is 0.356 e. The zero-order valence-corrected chi connectivity index (χ0v) is 16.3. The van der Waals surface area contributed by atoms with Gasteiger partial charge in [0.15, 0.2) is 5.78 Å². The van der Waals surface area contributed by atoms with Gasteiger partial charge in [0.2, 0.25) is 5.91 Å². The van der Waals surface area contributed by atoms with Gasteiger partial charge in [-0.1, -0.05) is 54.6 Å². The Hall–Kier alpha value is -3.28. The molecule has 0 aliphatic carbocycles. The van der Waals surface area contributed by atoms with Crippen molar-refractivity contribution in [1.29, 1.82) is 0 Å². The van der Waals surface area contributed by atoms with Crippen LogP contribution in [0.3, 0.4) is 0 Å². The molecule has 148 valence electrons. The first-order chi connectivity index (χ1) is 14.2. The number of carbonyl (C=O) groups is 2. The molecule has 2 aromatic carbocycles. The maximum atomic E-state index is 12.4. The molecule has 1 aliphatic heterocycles. The average Bonchev–Trinajstić information content (AvgIpc) is 3.38. The van der Waals surface area contributed by atoms with E-state index in [9.17, 15) is 9.59 Å². The van der Waals surface area contributed by atoms with Crippen LogP contribution in [0.4, 0.5) is 0 Å². The third-order valence-corrected chi connectivity index (χ3v) is 5.25. The SMILES string of the molecule is O=C(CCC(=O)c1ccc(-c2ccccc2)cc1)NCCc1nnc2n1CCC2. The fourth-order valence-electron chi connectivity index (χ4n) is 3.65. The molecule has 0 spiro atoms. The number of Topliss-reactive ketones (excluding diaryl/α,β-unsaturated/α-hetero) is 1. The number of fused-ring (bicyclic) bond motifs is 1. The predicted molar refractivity (Wildman–Crippen MR) is 110 cm³/mol. The number of aromatic nitrogens is 3. The molecule has 4 rings (SSSR count). The highest BCUT2D eigenvalue weighted by Crippen LogP contribution is 2.20. The van der Waals surface area contributed by atoms with Gasteiger partial charge < -0.3 is 9.88 Å². The van der Waals surface area contributed by atoms with Crippen molar-refractivity contribution >= 4 is 11.7 Å². The van der Waals surface area contributed by atoms with E-state index in [1.807, 2.05) is 54.6 Å². The Morgan fingerprint density at radius 1 is 0.931 bits per heavy atom. The summed E-state index contributed by atoms with van der Waals surface area (Å²) in [4.78, 5) is 24.5. The van der Waals surface area contributed by atoms with E-state index in [-0.39, 0.29) is 24.5 Å². The standard InChI is InChI=1S/C23H24N4O2/c28-20(19-10-8-18(9-11-19)17-5-2-1-3-6-17)12-13-23(29)24-15-14-22-26-25-21-7-4-16-27(21)22/h1-3,5-6,8-11H,4,7,12-16H2,(H,24,29). The number of carbonyl (C=O) groups excluding carboxylic acids is 2. The molecule has 6 nitrogen and oxygen atoms in total. The van der Waals surface area contributed by atoms with E-state index < -0.39 is 0 Å². The molecule has 0 unspecified atom stereocenters. The van der Waals surface area contributed by atoms with Crippen LogP contribution in [0.1, 0.15) is 41.3 Å². The van der Waals surface area contributed by atoms with E-state index in [0.29, 0.717) is 18.5 Å². The second kappa shape index (κ2) is 8.82. The molecule has 29 heavy (non-hydrogen) atoms. The van der Waals surface area contributed by atoms with Crippen LogP contribution in [0.2, 0.25) is 0 Å². The van der Waals surface area contributed by atoms with Gasteiger partial charge >= 0.3 is 0 Å². The highest BCUT2D eigenvalue weighted by molar-refractivity contribution is 5.98. The quantitative estimate of drug-likeness (QED) is 0.601. The molecule has 6 heteroatoms. The van der Waals surface area contributed by atoms with Crippen LogP contribution in [0, 0.1) is 0 Å². The van der Waals surface area contributed by atoms with Crippen molar-refractivity contribution in [2.24, 2.45) is 0 Å². The molecule has 2 heterocycles. The monoisotopic (exact) mass is 388 g/mol. The molecule has 1 N–H and O–H groups in total. The lowest BCUT2D eigenvalue weighted by Gasteiger charge is -2.06. The summed E-state index contributed by atoms with van der Waals surface area (Å²) in [6.07, 6.45) is 3.15. The Bertz CT molecular complexity index is 993. The summed E-state index contributed by atoms with van der Waals surface area (Å²) in [7, 11) is 0. The number of benzene rings is 2. The Labute approximate surface area is 170 Å². The number of hydrogen-bond donors (Lipinski definition) is 1. The topological polar surface area (TPSA) is 76.9 Å². The smallest absolute Gasteiger partial charge is 0.220 e. The van der Waals surface area contributed by atoms with Crippen LogP contribution in [0.5, 0.6) is 0 Å². The van der Waals surface area contributed by atoms with Crippen molar-refractivity contribution in [3.05, 3.63) is 71.8 Å². The molecular formula is C23H24N4O2. The fraction of sp³-hybridized carbons (Fsp3) is 0.304. The van der Waals surface area contributed by atoms with E-state index in [1.165, 1.54) is 0 Å². The van der Waals surface area contributed by atoms with Crippen molar-refractivity contribution in [3.63, 3.8) is 0 Å². The third kappa shape index (κ3) is 4.59. The summed E-state index contributed by atoms with van der Waals surface area (Å²) < 4.78 is 2.13. The summed E-state index contributed by atoms with van der Waals surface area (Å²) in [5.74, 6) is 1.83. The summed E-state index contributed by atoms with van der Waals surface area (Å²) >= 11 is 0. The summed E-state index contributed by atoms with van der Waals surface area (Å²) in [6.45, 7) is 1.47. The molecule has 1 aromatic heterocycles. The van der Waals surface area contributed by atoms with Gasteiger partial charge in [-0.15, -0.1) is 10.2 Å². The van der Waals surface area contributed by atoms with Crippen LogP contribution in [0.25, 0.3) is 11.1 Å².